The average Bonchev–Trinajstić information content (AvgIpc) is 3.98. The molecule has 0 bridgehead atoms. The number of fused-ring (bicyclic) bond motifs is 2. The molecule has 8 nitrogen and oxygen atoms in total. The molecule has 0 aliphatic carbocycles. The van der Waals surface area contributed by atoms with Gasteiger partial charge in [0.05, 0.1) is 42.7 Å². The van der Waals surface area contributed by atoms with Gasteiger partial charge in [0.15, 0.2) is 0 Å². The minimum absolute atomic E-state index is 0.238. The average molecular weight is 967 g/mol. The fraction of sp³-hybridized carbons (Fsp3) is 0.174. The Hall–Kier alpha value is -5.16. The van der Waals surface area contributed by atoms with Crippen molar-refractivity contribution in [3.8, 4) is 34.4 Å². The normalized spacial score (nSPS) is 13.8. The van der Waals surface area contributed by atoms with E-state index < -0.39 is 7.12 Å². The molecule has 16 heteroatoms. The molecule has 1 aliphatic rings. The lowest BCUT2D eigenvalue weighted by molar-refractivity contribution is 0.00578. The first kappa shape index (κ1) is 44.9. The standard InChI is InChI=1S/C20H11ClFN3S.C14H8BrClFNS.C12H15BN2O2/c21-15-3-1-2-13(7-15)18-19(22)14(8-17-20(18)25-11-26-17)6-12-4-5-16(9-23)24-10-12;15-6-9-5-11-14(18-7-19-11)12(13(9)17)8-2-1-3-10(16)4-8;1-11(2)12(3,4)17-13(16-11)9-5-6-10(7-14)15-8-9/h1-5,7-8,10-11H,6H2;1-5,7H,6H2;5-6,8H,1-4H3. The third-order valence-corrected chi connectivity index (χ3v) is 13.0. The third kappa shape index (κ3) is 9.73. The summed E-state index contributed by atoms with van der Waals surface area (Å²) in [5.74, 6) is -0.549. The summed E-state index contributed by atoms with van der Waals surface area (Å²) < 4.78 is 43.6. The van der Waals surface area contributed by atoms with E-state index in [0.29, 0.717) is 72.0 Å². The molecule has 0 radical (unpaired) electrons. The van der Waals surface area contributed by atoms with Crippen molar-refractivity contribution in [3.05, 3.63) is 158 Å². The summed E-state index contributed by atoms with van der Waals surface area (Å²) in [6.07, 6.45) is 3.61. The molecule has 5 heterocycles. The smallest absolute Gasteiger partial charge is 0.399 e. The van der Waals surface area contributed by atoms with Gasteiger partial charge in [0.25, 0.3) is 0 Å². The Balaban J connectivity index is 0.000000144. The fourth-order valence-corrected chi connectivity index (χ4v) is 8.79. The maximum atomic E-state index is 15.4. The number of pyridine rings is 2. The molecule has 0 atom stereocenters. The van der Waals surface area contributed by atoms with E-state index in [1.54, 1.807) is 71.9 Å². The van der Waals surface area contributed by atoms with Crippen molar-refractivity contribution in [3.63, 3.8) is 0 Å². The van der Waals surface area contributed by atoms with E-state index in [9.17, 15) is 4.39 Å². The fourth-order valence-electron chi connectivity index (χ4n) is 6.51. The predicted molar refractivity (Wildman–Crippen MR) is 249 cm³/mol. The highest BCUT2D eigenvalue weighted by Crippen LogP contribution is 2.39. The molecule has 0 unspecified atom stereocenters. The van der Waals surface area contributed by atoms with Crippen LogP contribution in [0.2, 0.25) is 10.0 Å². The minimum Gasteiger partial charge on any atom is -0.399 e. The van der Waals surface area contributed by atoms with E-state index in [1.165, 1.54) is 22.7 Å². The largest absolute Gasteiger partial charge is 0.496 e. The Morgan fingerprint density at radius 3 is 1.63 bits per heavy atom. The number of thiazole rings is 2. The van der Waals surface area contributed by atoms with Gasteiger partial charge >= 0.3 is 7.12 Å². The zero-order chi connectivity index (χ0) is 44.2. The van der Waals surface area contributed by atoms with Gasteiger partial charge in [-0.05, 0) is 98.5 Å². The molecule has 0 saturated carbocycles. The maximum absolute atomic E-state index is 15.4. The SMILES string of the molecule is CC1(C)OB(c2ccc(C#N)nc2)OC1(C)C.Fc1c(CBr)cc2scnc2c1-c1cccc(Cl)c1.N#Cc1ccc(Cc2cc3scnc3c(-c3cccc(Cl)c3)c2F)cn1. The lowest BCUT2D eigenvalue weighted by Gasteiger charge is -2.32. The monoisotopic (exact) mass is 964 g/mol. The van der Waals surface area contributed by atoms with Gasteiger partial charge in [-0.1, -0.05) is 75.5 Å². The van der Waals surface area contributed by atoms with Crippen LogP contribution in [-0.4, -0.2) is 38.3 Å². The molecule has 1 fully saturated rings. The van der Waals surface area contributed by atoms with Crippen LogP contribution in [0.1, 0.15) is 55.8 Å². The Kier molecular flexibility index (Phi) is 13.8. The van der Waals surface area contributed by atoms with Gasteiger partial charge in [0.1, 0.15) is 35.2 Å². The summed E-state index contributed by atoms with van der Waals surface area (Å²) in [5.41, 5.74) is 10.1. The number of rotatable bonds is 6. The zero-order valence-corrected chi connectivity index (χ0v) is 38.3. The van der Waals surface area contributed by atoms with Gasteiger partial charge in [0.2, 0.25) is 0 Å². The molecular weight excluding hydrogens is 932 g/mol. The number of hydrogen-bond acceptors (Lipinski definition) is 10. The predicted octanol–water partition coefficient (Wildman–Crippen LogP) is 12.5. The number of benzene rings is 4. The van der Waals surface area contributed by atoms with Crippen molar-refractivity contribution in [1.82, 2.24) is 19.9 Å². The lowest BCUT2D eigenvalue weighted by Crippen LogP contribution is -2.41. The van der Waals surface area contributed by atoms with Gasteiger partial charge < -0.3 is 9.31 Å². The summed E-state index contributed by atoms with van der Waals surface area (Å²) >= 11 is 18.4. The van der Waals surface area contributed by atoms with Crippen LogP contribution in [0.3, 0.4) is 0 Å². The van der Waals surface area contributed by atoms with Gasteiger partial charge in [-0.15, -0.1) is 22.7 Å². The highest BCUT2D eigenvalue weighted by Gasteiger charge is 2.51. The van der Waals surface area contributed by atoms with Crippen molar-refractivity contribution in [2.24, 2.45) is 0 Å². The van der Waals surface area contributed by atoms with E-state index in [0.717, 1.165) is 26.0 Å². The highest BCUT2D eigenvalue weighted by molar-refractivity contribution is 9.08. The molecular formula is C46H34BBrCl2F2N6O2S2. The second kappa shape index (κ2) is 19.1. The van der Waals surface area contributed by atoms with Gasteiger partial charge in [0, 0.05) is 56.3 Å². The second-order valence-electron chi connectivity index (χ2n) is 15.0. The summed E-state index contributed by atoms with van der Waals surface area (Å²) in [7, 11) is -0.416. The molecule has 4 aromatic carbocycles. The van der Waals surface area contributed by atoms with Crippen LogP contribution >= 0.6 is 61.8 Å². The van der Waals surface area contributed by atoms with Crippen LogP contribution in [0, 0.1) is 34.3 Å². The number of hydrogen-bond donors (Lipinski definition) is 0. The molecule has 1 saturated heterocycles. The number of alkyl halides is 1. The van der Waals surface area contributed by atoms with E-state index in [1.807, 2.05) is 76.2 Å². The lowest BCUT2D eigenvalue weighted by atomic mass is 9.80. The maximum Gasteiger partial charge on any atom is 0.496 e. The topological polar surface area (TPSA) is 118 Å². The van der Waals surface area contributed by atoms with E-state index in [4.69, 9.17) is 43.0 Å². The zero-order valence-electron chi connectivity index (χ0n) is 33.6. The van der Waals surface area contributed by atoms with Crippen LogP contribution in [0.5, 0.6) is 0 Å². The van der Waals surface area contributed by atoms with Crippen molar-refractivity contribution < 1.29 is 18.1 Å². The van der Waals surface area contributed by atoms with Crippen LogP contribution in [-0.2, 0) is 21.1 Å². The van der Waals surface area contributed by atoms with Crippen molar-refractivity contribution in [1.29, 1.82) is 10.5 Å². The highest BCUT2D eigenvalue weighted by atomic mass is 79.9. The number of aromatic nitrogens is 4. The van der Waals surface area contributed by atoms with Gasteiger partial charge in [-0.2, -0.15) is 10.5 Å². The number of halogens is 5. The van der Waals surface area contributed by atoms with E-state index in [2.05, 4.69) is 35.9 Å². The van der Waals surface area contributed by atoms with Crippen LogP contribution in [0.4, 0.5) is 8.78 Å². The van der Waals surface area contributed by atoms with E-state index in [-0.39, 0.29) is 22.8 Å². The van der Waals surface area contributed by atoms with Gasteiger partial charge in [-0.25, -0.2) is 28.7 Å². The molecule has 1 aliphatic heterocycles. The molecule has 62 heavy (non-hydrogen) atoms. The number of nitriles is 2. The van der Waals surface area contributed by atoms with Crippen LogP contribution < -0.4 is 5.46 Å². The van der Waals surface area contributed by atoms with Crippen LogP contribution in [0.25, 0.3) is 42.7 Å². The van der Waals surface area contributed by atoms with Gasteiger partial charge in [-0.3, -0.25) is 0 Å². The molecule has 0 spiro atoms. The first-order valence-corrected chi connectivity index (χ1v) is 22.6. The third-order valence-electron chi connectivity index (χ3n) is 10.4. The Bertz CT molecular complexity index is 2980. The summed E-state index contributed by atoms with van der Waals surface area (Å²) in [5, 5.41) is 19.1. The van der Waals surface area contributed by atoms with Crippen molar-refractivity contribution >= 4 is 94.8 Å². The van der Waals surface area contributed by atoms with Crippen molar-refractivity contribution in [2.45, 2.75) is 50.6 Å². The summed E-state index contributed by atoms with van der Waals surface area (Å²) in [4.78, 5) is 16.7. The Morgan fingerprint density at radius 2 is 1.18 bits per heavy atom. The molecule has 8 aromatic rings. The molecule has 310 valence electrons. The molecule has 9 rings (SSSR count). The molecule has 0 N–H and O–H groups in total. The first-order chi connectivity index (χ1) is 29.7. The molecule has 0 amide bonds. The molecule has 4 aromatic heterocycles. The Labute approximate surface area is 384 Å². The number of nitrogens with zero attached hydrogens (tertiary/aromatic N) is 6. The summed E-state index contributed by atoms with van der Waals surface area (Å²) in [6, 6.07) is 28.9. The van der Waals surface area contributed by atoms with Crippen LogP contribution in [0.15, 0.2) is 108 Å². The summed E-state index contributed by atoms with van der Waals surface area (Å²) in [6.45, 7) is 8.02. The van der Waals surface area contributed by atoms with E-state index >= 15 is 4.39 Å². The minimum atomic E-state index is -0.416. The Morgan fingerprint density at radius 1 is 0.677 bits per heavy atom. The second-order valence-corrected chi connectivity index (χ2v) is 18.2. The quantitative estimate of drug-likeness (QED) is 0.119. The van der Waals surface area contributed by atoms with Crippen molar-refractivity contribution in [2.75, 3.05) is 0 Å². The first-order valence-electron chi connectivity index (χ1n) is 19.0.